The number of Topliss-reactive ketones (excluding diaryl/α,β-unsaturated/α-hetero) is 1. The van der Waals surface area contributed by atoms with Crippen LogP contribution in [0.2, 0.25) is 0 Å². The first-order valence-electron chi connectivity index (χ1n) is 11.0. The van der Waals surface area contributed by atoms with Crippen LogP contribution in [0.4, 0.5) is 5.69 Å². The summed E-state index contributed by atoms with van der Waals surface area (Å²) in [4.78, 5) is 29.1. The van der Waals surface area contributed by atoms with Crippen LogP contribution in [0.25, 0.3) is 17.1 Å². The number of hydrogen-bond donors (Lipinski definition) is 1. The zero-order chi connectivity index (χ0) is 24.1. The molecule has 0 unspecified atom stereocenters. The number of anilines is 1. The van der Waals surface area contributed by atoms with E-state index in [2.05, 4.69) is 20.5 Å². The van der Waals surface area contributed by atoms with Crippen molar-refractivity contribution in [3.63, 3.8) is 0 Å². The second-order valence-electron chi connectivity index (χ2n) is 8.06. The normalized spacial score (nSPS) is 11.9. The molecule has 1 amide bonds. The van der Waals surface area contributed by atoms with E-state index in [0.29, 0.717) is 22.2 Å². The van der Waals surface area contributed by atoms with Crippen LogP contribution in [0.1, 0.15) is 31.1 Å². The minimum atomic E-state index is -0.395. The number of carbonyl (C=O) groups excluding carboxylic acids is 2. The Morgan fingerprint density at radius 3 is 2.21 bits per heavy atom. The van der Waals surface area contributed by atoms with Crippen LogP contribution in [-0.2, 0) is 4.79 Å². The Morgan fingerprint density at radius 2 is 1.56 bits per heavy atom. The van der Waals surface area contributed by atoms with Crippen LogP contribution >= 0.6 is 11.8 Å². The van der Waals surface area contributed by atoms with Crippen molar-refractivity contribution in [2.75, 3.05) is 5.32 Å². The SMILES string of the molecule is CC(C)C(=O)Nc1ccc(C(=O)[C@@H](C)Sc2nnc(-c3ccncc3)n2-c2ccccc2)cc1. The van der Waals surface area contributed by atoms with Gasteiger partial charge in [-0.1, -0.05) is 43.8 Å². The molecule has 2 aromatic heterocycles. The number of nitrogens with zero attached hydrogens (tertiary/aromatic N) is 4. The molecular formula is C26H25N5O2S. The molecule has 172 valence electrons. The van der Waals surface area contributed by atoms with E-state index in [1.807, 2.05) is 67.8 Å². The smallest absolute Gasteiger partial charge is 0.226 e. The molecule has 0 saturated carbocycles. The minimum absolute atomic E-state index is 0.0280. The molecule has 0 spiro atoms. The van der Waals surface area contributed by atoms with Crippen molar-refractivity contribution in [3.8, 4) is 17.1 Å². The van der Waals surface area contributed by atoms with Crippen LogP contribution in [0, 0.1) is 5.92 Å². The molecule has 8 heteroatoms. The van der Waals surface area contributed by atoms with Gasteiger partial charge >= 0.3 is 0 Å². The van der Waals surface area contributed by atoms with E-state index in [0.717, 1.165) is 11.3 Å². The Balaban J connectivity index is 1.57. The Hall–Kier alpha value is -3.78. The first kappa shape index (κ1) is 23.4. The average Bonchev–Trinajstić information content (AvgIpc) is 3.28. The fourth-order valence-electron chi connectivity index (χ4n) is 3.29. The Labute approximate surface area is 202 Å². The molecule has 1 N–H and O–H groups in total. The monoisotopic (exact) mass is 471 g/mol. The number of nitrogens with one attached hydrogen (secondary N) is 1. The summed E-state index contributed by atoms with van der Waals surface area (Å²) in [5, 5.41) is 11.9. The summed E-state index contributed by atoms with van der Waals surface area (Å²) >= 11 is 1.36. The fraction of sp³-hybridized carbons (Fsp3) is 0.192. The van der Waals surface area contributed by atoms with Crippen LogP contribution in [0.5, 0.6) is 0 Å². The maximum atomic E-state index is 13.1. The lowest BCUT2D eigenvalue weighted by atomic mass is 10.1. The predicted octanol–water partition coefficient (Wildman–Crippen LogP) is 5.29. The summed E-state index contributed by atoms with van der Waals surface area (Å²) in [5.74, 6) is 0.478. The third kappa shape index (κ3) is 5.23. The second-order valence-corrected chi connectivity index (χ2v) is 9.37. The van der Waals surface area contributed by atoms with Crippen LogP contribution in [-0.4, -0.2) is 36.7 Å². The highest BCUT2D eigenvalue weighted by Gasteiger charge is 2.23. The van der Waals surface area contributed by atoms with Crippen molar-refractivity contribution in [1.82, 2.24) is 19.7 Å². The van der Waals surface area contributed by atoms with E-state index in [1.165, 1.54) is 11.8 Å². The summed E-state index contributed by atoms with van der Waals surface area (Å²) in [6, 6.07) is 20.5. The van der Waals surface area contributed by atoms with Crippen LogP contribution < -0.4 is 5.32 Å². The topological polar surface area (TPSA) is 89.8 Å². The van der Waals surface area contributed by atoms with E-state index in [4.69, 9.17) is 0 Å². The number of rotatable bonds is 8. The number of hydrogen-bond acceptors (Lipinski definition) is 6. The van der Waals surface area contributed by atoms with E-state index in [1.54, 1.807) is 36.7 Å². The van der Waals surface area contributed by atoms with Crippen molar-refractivity contribution in [1.29, 1.82) is 0 Å². The molecule has 0 bridgehead atoms. The van der Waals surface area contributed by atoms with Gasteiger partial charge in [0.15, 0.2) is 16.8 Å². The summed E-state index contributed by atoms with van der Waals surface area (Å²) in [7, 11) is 0. The lowest BCUT2D eigenvalue weighted by Crippen LogP contribution is -2.18. The van der Waals surface area contributed by atoms with Gasteiger partial charge in [-0.2, -0.15) is 0 Å². The molecule has 0 aliphatic heterocycles. The number of benzene rings is 2. The molecule has 0 fully saturated rings. The summed E-state index contributed by atoms with van der Waals surface area (Å²) in [5.41, 5.74) is 3.03. The molecule has 0 aliphatic carbocycles. The number of carbonyl (C=O) groups is 2. The van der Waals surface area contributed by atoms with Gasteiger partial charge in [-0.3, -0.25) is 19.1 Å². The Morgan fingerprint density at radius 1 is 0.882 bits per heavy atom. The van der Waals surface area contributed by atoms with E-state index >= 15 is 0 Å². The van der Waals surface area contributed by atoms with Gasteiger partial charge in [0.25, 0.3) is 0 Å². The number of ketones is 1. The molecule has 4 aromatic rings. The predicted molar refractivity (Wildman–Crippen MR) is 134 cm³/mol. The summed E-state index contributed by atoms with van der Waals surface area (Å²) < 4.78 is 1.95. The minimum Gasteiger partial charge on any atom is -0.326 e. The van der Waals surface area contributed by atoms with Crippen molar-refractivity contribution >= 4 is 29.1 Å². The van der Waals surface area contributed by atoms with Crippen molar-refractivity contribution < 1.29 is 9.59 Å². The molecule has 0 saturated heterocycles. The maximum absolute atomic E-state index is 13.1. The molecule has 0 radical (unpaired) electrons. The van der Waals surface area contributed by atoms with Gasteiger partial charge in [-0.15, -0.1) is 10.2 Å². The molecule has 2 heterocycles. The summed E-state index contributed by atoms with van der Waals surface area (Å²) in [6.07, 6.45) is 3.43. The van der Waals surface area contributed by atoms with Gasteiger partial charge in [-0.25, -0.2) is 0 Å². The van der Waals surface area contributed by atoms with Gasteiger partial charge < -0.3 is 5.32 Å². The van der Waals surface area contributed by atoms with Crippen molar-refractivity contribution in [2.24, 2.45) is 5.92 Å². The lowest BCUT2D eigenvalue weighted by molar-refractivity contribution is -0.118. The molecule has 34 heavy (non-hydrogen) atoms. The van der Waals surface area contributed by atoms with E-state index in [-0.39, 0.29) is 17.6 Å². The molecule has 7 nitrogen and oxygen atoms in total. The summed E-state index contributed by atoms with van der Waals surface area (Å²) in [6.45, 7) is 5.53. The van der Waals surface area contributed by atoms with Crippen molar-refractivity contribution in [2.45, 2.75) is 31.2 Å². The second kappa shape index (κ2) is 10.4. The first-order chi connectivity index (χ1) is 16.4. The first-order valence-corrected chi connectivity index (χ1v) is 11.8. The molecule has 4 rings (SSSR count). The average molecular weight is 472 g/mol. The molecule has 1 atom stereocenters. The molecule has 2 aromatic carbocycles. The Kier molecular flexibility index (Phi) is 7.18. The number of para-hydroxylation sites is 1. The largest absolute Gasteiger partial charge is 0.326 e. The van der Waals surface area contributed by atoms with Crippen LogP contribution in [0.15, 0.2) is 84.3 Å². The zero-order valence-electron chi connectivity index (χ0n) is 19.2. The van der Waals surface area contributed by atoms with E-state index < -0.39 is 5.25 Å². The highest BCUT2D eigenvalue weighted by atomic mass is 32.2. The van der Waals surface area contributed by atoms with Gasteiger partial charge in [0, 0.05) is 40.8 Å². The van der Waals surface area contributed by atoms with Gasteiger partial charge in [0.05, 0.1) is 5.25 Å². The third-order valence-corrected chi connectivity index (χ3v) is 6.24. The van der Waals surface area contributed by atoms with Gasteiger partial charge in [-0.05, 0) is 55.5 Å². The fourth-order valence-corrected chi connectivity index (χ4v) is 4.24. The highest BCUT2D eigenvalue weighted by Crippen LogP contribution is 2.31. The van der Waals surface area contributed by atoms with Crippen molar-refractivity contribution in [3.05, 3.63) is 84.7 Å². The third-order valence-electron chi connectivity index (χ3n) is 5.20. The zero-order valence-corrected chi connectivity index (χ0v) is 20.0. The van der Waals surface area contributed by atoms with E-state index in [9.17, 15) is 9.59 Å². The highest BCUT2D eigenvalue weighted by molar-refractivity contribution is 8.00. The standard InChI is InChI=1S/C26H25N5O2S/c1-17(2)25(33)28-21-11-9-19(10-12-21)23(32)18(3)34-26-30-29-24(20-13-15-27-16-14-20)31(26)22-7-5-4-6-8-22/h4-18H,1-3H3,(H,28,33)/t18-/m1/s1. The number of amides is 1. The Bertz CT molecular complexity index is 1270. The van der Waals surface area contributed by atoms with Crippen LogP contribution in [0.3, 0.4) is 0 Å². The quantitative estimate of drug-likeness (QED) is 0.277. The maximum Gasteiger partial charge on any atom is 0.226 e. The lowest BCUT2D eigenvalue weighted by Gasteiger charge is -2.14. The molecular weight excluding hydrogens is 446 g/mol. The number of thioether (sulfide) groups is 1. The number of pyridine rings is 1. The van der Waals surface area contributed by atoms with Gasteiger partial charge in [0.1, 0.15) is 0 Å². The van der Waals surface area contributed by atoms with Gasteiger partial charge in [0.2, 0.25) is 5.91 Å². The molecule has 0 aliphatic rings. The number of aromatic nitrogens is 4.